The van der Waals surface area contributed by atoms with E-state index in [0.717, 1.165) is 5.57 Å². The third-order valence-electron chi connectivity index (χ3n) is 1.24. The van der Waals surface area contributed by atoms with Crippen LogP contribution in [0.15, 0.2) is 35.4 Å². The first-order valence-corrected chi connectivity index (χ1v) is 4.08. The molecule has 13 heavy (non-hydrogen) atoms. The van der Waals surface area contributed by atoms with Gasteiger partial charge in [0, 0.05) is 5.54 Å². The Morgan fingerprint density at radius 1 is 1.46 bits per heavy atom. The molecule has 0 aromatic carbocycles. The minimum Gasteiger partial charge on any atom is -0.307 e. The Morgan fingerprint density at radius 3 is 2.23 bits per heavy atom. The van der Waals surface area contributed by atoms with Gasteiger partial charge in [-0.3, -0.25) is 0 Å². The summed E-state index contributed by atoms with van der Waals surface area (Å²) in [7, 11) is 0. The largest absolute Gasteiger partial charge is 0.307 e. The molecule has 1 atom stereocenters. The van der Waals surface area contributed by atoms with Crippen molar-refractivity contribution in [3.63, 3.8) is 0 Å². The summed E-state index contributed by atoms with van der Waals surface area (Å²) in [6.07, 6.45) is 2.36. The molecule has 74 valence electrons. The van der Waals surface area contributed by atoms with Gasteiger partial charge in [0.1, 0.15) is 13.0 Å². The summed E-state index contributed by atoms with van der Waals surface area (Å²) in [5, 5.41) is 0. The topological polar surface area (TPSA) is 17.1 Å². The first kappa shape index (κ1) is 14.6. The molecule has 0 radical (unpaired) electrons. The minimum absolute atomic E-state index is 0.461. The second-order valence-corrected chi connectivity index (χ2v) is 2.60. The van der Waals surface area contributed by atoms with Crippen molar-refractivity contribution in [3.05, 3.63) is 35.4 Å². The van der Waals surface area contributed by atoms with E-state index in [1.165, 1.54) is 12.5 Å². The average molecular weight is 205 g/mol. The maximum atomic E-state index is 12.4. The Balaban J connectivity index is 0. The van der Waals surface area contributed by atoms with Crippen LogP contribution in [0, 0.1) is 0 Å². The van der Waals surface area contributed by atoms with Crippen LogP contribution in [0.2, 0.25) is 0 Å². The highest BCUT2D eigenvalue weighted by Crippen LogP contribution is 2.07. The van der Waals surface area contributed by atoms with Crippen molar-refractivity contribution in [2.45, 2.75) is 20.0 Å². The molecule has 3 heteroatoms. The fourth-order valence-electron chi connectivity index (χ4n) is 0.407. The van der Waals surface area contributed by atoms with Gasteiger partial charge in [0.2, 0.25) is 0 Å². The quantitative estimate of drug-likeness (QED) is 0.644. The Bertz CT molecular complexity index is 207. The van der Waals surface area contributed by atoms with Crippen LogP contribution in [0.4, 0.5) is 4.39 Å². The molecule has 0 aromatic heterocycles. The Labute approximate surface area is 83.6 Å². The predicted molar refractivity (Wildman–Crippen MR) is 55.6 cm³/mol. The lowest BCUT2D eigenvalue weighted by atomic mass is 10.2. The molecular weight excluding hydrogens is 191 g/mol. The minimum atomic E-state index is -0.991. The van der Waals surface area contributed by atoms with Crippen LogP contribution in [-0.4, -0.2) is 13.0 Å². The second kappa shape index (κ2) is 9.20. The van der Waals surface area contributed by atoms with Crippen LogP contribution in [0.3, 0.4) is 0 Å². The molecule has 0 aromatic rings. The number of allylic oxidation sites excluding steroid dienone is 4. The smallest absolute Gasteiger partial charge is 0.122 e. The van der Waals surface area contributed by atoms with Crippen LogP contribution in [0.25, 0.3) is 0 Å². The van der Waals surface area contributed by atoms with Gasteiger partial charge in [-0.25, -0.2) is 4.39 Å². The molecule has 0 heterocycles. The van der Waals surface area contributed by atoms with Gasteiger partial charge in [-0.05, 0) is 25.0 Å². The van der Waals surface area contributed by atoms with E-state index in [-0.39, 0.29) is 0 Å². The average Bonchev–Trinajstić information content (AvgIpc) is 2.16. The first-order chi connectivity index (χ1) is 6.07. The Morgan fingerprint density at radius 2 is 1.92 bits per heavy atom. The maximum absolute atomic E-state index is 12.4. The molecule has 0 fully saturated rings. The maximum Gasteiger partial charge on any atom is 0.122 e. The number of rotatable bonds is 3. The van der Waals surface area contributed by atoms with Crippen LogP contribution >= 0.6 is 11.6 Å². The predicted octanol–water partition coefficient (Wildman–Crippen LogP) is 3.41. The normalized spacial score (nSPS) is 13.4. The van der Waals surface area contributed by atoms with E-state index >= 15 is 0 Å². The van der Waals surface area contributed by atoms with Gasteiger partial charge in [-0.2, -0.15) is 0 Å². The highest BCUT2D eigenvalue weighted by molar-refractivity contribution is 6.25. The van der Waals surface area contributed by atoms with Gasteiger partial charge in [0.05, 0.1) is 0 Å². The highest BCUT2D eigenvalue weighted by Gasteiger charge is 1.97. The SMILES string of the molecule is C=C(/C=C\C(C)=C\Cl)C(C)F.C=O. The van der Waals surface area contributed by atoms with Crippen LogP contribution < -0.4 is 0 Å². The fraction of sp³-hybridized carbons (Fsp3) is 0.300. The summed E-state index contributed by atoms with van der Waals surface area (Å²) >= 11 is 5.38. The third kappa shape index (κ3) is 9.02. The van der Waals surface area contributed by atoms with E-state index in [2.05, 4.69) is 6.58 Å². The fourth-order valence-corrected chi connectivity index (χ4v) is 0.480. The molecule has 1 nitrogen and oxygen atoms in total. The van der Waals surface area contributed by atoms with Crippen molar-refractivity contribution in [2.24, 2.45) is 0 Å². The Kier molecular flexibility index (Phi) is 10.3. The zero-order valence-electron chi connectivity index (χ0n) is 7.89. The lowest BCUT2D eigenvalue weighted by Gasteiger charge is -1.98. The van der Waals surface area contributed by atoms with E-state index in [1.54, 1.807) is 12.2 Å². The Hall–Kier alpha value is -0.890. The first-order valence-electron chi connectivity index (χ1n) is 3.64. The van der Waals surface area contributed by atoms with Gasteiger partial charge in [0.25, 0.3) is 0 Å². The van der Waals surface area contributed by atoms with Crippen molar-refractivity contribution in [1.82, 2.24) is 0 Å². The summed E-state index contributed by atoms with van der Waals surface area (Å²) in [6, 6.07) is 0. The van der Waals surface area contributed by atoms with Crippen LogP contribution in [-0.2, 0) is 4.79 Å². The molecule has 0 saturated heterocycles. The van der Waals surface area contributed by atoms with E-state index in [4.69, 9.17) is 16.4 Å². The molecule has 0 bridgehead atoms. The van der Waals surface area contributed by atoms with Crippen molar-refractivity contribution in [2.75, 3.05) is 0 Å². The summed E-state index contributed by atoms with van der Waals surface area (Å²) in [5.74, 6) is 0. The zero-order chi connectivity index (χ0) is 10.9. The highest BCUT2D eigenvalue weighted by atomic mass is 35.5. The number of alkyl halides is 1. The third-order valence-corrected chi connectivity index (χ3v) is 1.59. The summed E-state index contributed by atoms with van der Waals surface area (Å²) in [5.41, 5.74) is 2.78. The number of halogens is 2. The summed E-state index contributed by atoms with van der Waals surface area (Å²) in [4.78, 5) is 8.00. The molecule has 0 saturated carbocycles. The zero-order valence-corrected chi connectivity index (χ0v) is 8.64. The lowest BCUT2D eigenvalue weighted by Crippen LogP contribution is -1.92. The van der Waals surface area contributed by atoms with Gasteiger partial charge in [0.15, 0.2) is 0 Å². The van der Waals surface area contributed by atoms with E-state index in [0.29, 0.717) is 5.57 Å². The molecular formula is C10H14ClFO. The van der Waals surface area contributed by atoms with Crippen molar-refractivity contribution in [3.8, 4) is 0 Å². The standard InChI is InChI=1S/C9H12ClF.CH2O/c1-7(6-10)4-5-8(2)9(3)11;1-2/h4-6,9H,2H2,1,3H3;1H2/b5-4-,7-6+;. The molecule has 1 unspecified atom stereocenters. The summed E-state index contributed by atoms with van der Waals surface area (Å²) in [6.45, 7) is 8.81. The molecule has 0 rings (SSSR count). The summed E-state index contributed by atoms with van der Waals surface area (Å²) < 4.78 is 12.4. The monoisotopic (exact) mass is 204 g/mol. The number of carbonyl (C=O) groups excluding carboxylic acids is 1. The van der Waals surface area contributed by atoms with E-state index in [1.807, 2.05) is 13.7 Å². The van der Waals surface area contributed by atoms with Crippen molar-refractivity contribution >= 4 is 18.4 Å². The van der Waals surface area contributed by atoms with E-state index < -0.39 is 6.17 Å². The lowest BCUT2D eigenvalue weighted by molar-refractivity contribution is -0.0979. The molecule has 0 aliphatic rings. The molecule has 0 spiro atoms. The number of carbonyl (C=O) groups is 1. The van der Waals surface area contributed by atoms with Gasteiger partial charge >= 0.3 is 0 Å². The van der Waals surface area contributed by atoms with Crippen LogP contribution in [0.5, 0.6) is 0 Å². The molecule has 0 aliphatic heterocycles. The van der Waals surface area contributed by atoms with Crippen molar-refractivity contribution in [1.29, 1.82) is 0 Å². The van der Waals surface area contributed by atoms with Gasteiger partial charge < -0.3 is 4.79 Å². The van der Waals surface area contributed by atoms with E-state index in [9.17, 15) is 4.39 Å². The number of hydrogen-bond acceptors (Lipinski definition) is 1. The molecule has 0 N–H and O–H groups in total. The van der Waals surface area contributed by atoms with Gasteiger partial charge in [-0.1, -0.05) is 30.3 Å². The number of hydrogen-bond donors (Lipinski definition) is 0. The van der Waals surface area contributed by atoms with Crippen molar-refractivity contribution < 1.29 is 9.18 Å². The molecule has 0 aliphatic carbocycles. The van der Waals surface area contributed by atoms with Gasteiger partial charge in [-0.15, -0.1) is 0 Å². The van der Waals surface area contributed by atoms with Crippen LogP contribution in [0.1, 0.15) is 13.8 Å². The molecule has 0 amide bonds. The second-order valence-electron chi connectivity index (χ2n) is 2.38.